The first-order valence-corrected chi connectivity index (χ1v) is 24.4. The molecule has 3 aromatic heterocycles. The molecule has 1 N–H and O–H groups in total. The number of alkyl halides is 12. The standard InChI is InChI=1S/C14H19BF3NO3.C12H24B2O4.C8H7BrF3NO.C5H3BrFN.C3H3F3O.C3H5F3O.CH4/c1-9(14(16,17)18)20-11-7-6-10(8-19-11)15-21-12(2,3)13(4,5)22-15;1-9(2)10(3,4)16-13(15-9)14-17-11(5,6)12(7,8)18-14;1-5(8(10,11)12)14-7-3-2-6(9)4-13-7;6-4-1-2-5(7)8-3-4;4-3(5,6)2-1-7-2;1-2(7)3(4,5)6;/h6-9H,1-5H3;1-8H3;2-5H,1H3;1-3H;2H,1H2;2,7H,1H3;1H4/t9-;;5-;;2*2-;/m0.0.00./s1. The second kappa shape index (κ2) is 27.2. The number of nitrogens with zero attached hydrogens (tertiary/aromatic N) is 3. The van der Waals surface area contributed by atoms with Gasteiger partial charge in [-0.2, -0.15) is 57.1 Å². The number of hydrogen-bond acceptors (Lipinski definition) is 13. The van der Waals surface area contributed by atoms with Gasteiger partial charge in [-0.1, -0.05) is 13.5 Å². The number of aliphatic hydroxyl groups is 1. The van der Waals surface area contributed by atoms with Crippen molar-refractivity contribution in [2.45, 2.75) is 194 Å². The van der Waals surface area contributed by atoms with Gasteiger partial charge in [-0.15, -0.1) is 0 Å². The number of rotatable bonds is 6. The quantitative estimate of drug-likeness (QED) is 0.108. The Hall–Kier alpha value is -3.03. The summed E-state index contributed by atoms with van der Waals surface area (Å²) in [5, 5.41) is 7.76. The Bertz CT molecular complexity index is 2130. The fourth-order valence-electron chi connectivity index (χ4n) is 5.10. The lowest BCUT2D eigenvalue weighted by molar-refractivity contribution is -0.197. The predicted molar refractivity (Wildman–Crippen MR) is 269 cm³/mol. The van der Waals surface area contributed by atoms with Gasteiger partial charge in [0, 0.05) is 39.1 Å². The molecule has 4 aliphatic heterocycles. The van der Waals surface area contributed by atoms with Gasteiger partial charge in [0.25, 0.3) is 0 Å². The zero-order valence-corrected chi connectivity index (χ0v) is 47.2. The van der Waals surface area contributed by atoms with Gasteiger partial charge in [0.15, 0.2) is 18.3 Å². The van der Waals surface area contributed by atoms with Crippen LogP contribution in [0.2, 0.25) is 0 Å². The molecule has 4 aliphatic rings. The van der Waals surface area contributed by atoms with Gasteiger partial charge in [0.05, 0.1) is 40.2 Å². The monoisotopic (exact) mass is 1260 g/mol. The molecule has 77 heavy (non-hydrogen) atoms. The van der Waals surface area contributed by atoms with Crippen molar-refractivity contribution in [1.82, 2.24) is 15.0 Å². The Morgan fingerprint density at radius 2 is 0.844 bits per heavy atom. The molecule has 0 bridgehead atoms. The van der Waals surface area contributed by atoms with Gasteiger partial charge in [-0.3, -0.25) is 0 Å². The molecular formula is C46H65B3Br2F13N3O10. The molecular weight excluding hydrogens is 1190 g/mol. The second-order valence-electron chi connectivity index (χ2n) is 20.1. The number of aliphatic hydroxyl groups excluding tert-OH is 1. The van der Waals surface area contributed by atoms with Gasteiger partial charge in [-0.05, 0) is 160 Å². The number of halogens is 15. The van der Waals surface area contributed by atoms with Crippen LogP contribution in [0.25, 0.3) is 0 Å². The lowest BCUT2D eigenvalue weighted by Crippen LogP contribution is -2.41. The van der Waals surface area contributed by atoms with Crippen molar-refractivity contribution in [3.63, 3.8) is 0 Å². The van der Waals surface area contributed by atoms with Crippen molar-refractivity contribution in [3.05, 3.63) is 69.9 Å². The minimum Gasteiger partial charge on any atom is -0.465 e. The molecule has 4 atom stereocenters. The van der Waals surface area contributed by atoms with Crippen molar-refractivity contribution in [3.8, 4) is 11.8 Å². The van der Waals surface area contributed by atoms with Crippen LogP contribution in [0, 0.1) is 5.95 Å². The maximum Gasteiger partial charge on any atom is 0.496 e. The fraction of sp³-hybridized carbons (Fsp3) is 0.674. The molecule has 7 rings (SSSR count). The van der Waals surface area contributed by atoms with E-state index in [1.165, 1.54) is 36.8 Å². The molecule has 0 aromatic carbocycles. The molecule has 3 aromatic rings. The van der Waals surface area contributed by atoms with Crippen LogP contribution in [0.4, 0.5) is 57.1 Å². The van der Waals surface area contributed by atoms with Crippen LogP contribution >= 0.6 is 31.9 Å². The molecule has 0 radical (unpaired) electrons. The minimum atomic E-state index is -4.44. The Kier molecular flexibility index (Phi) is 25.4. The summed E-state index contributed by atoms with van der Waals surface area (Å²) in [5.74, 6) is -0.587. The average Bonchev–Trinajstić information content (AvgIpc) is 4.02. The summed E-state index contributed by atoms with van der Waals surface area (Å²) in [6.45, 7) is 26.3. The zero-order chi connectivity index (χ0) is 59.1. The van der Waals surface area contributed by atoms with Crippen molar-refractivity contribution in [2.75, 3.05) is 6.61 Å². The third kappa shape index (κ3) is 22.8. The summed E-state index contributed by atoms with van der Waals surface area (Å²) in [6, 6.07) is 8.79. The molecule has 0 saturated carbocycles. The van der Waals surface area contributed by atoms with E-state index in [1.807, 2.05) is 83.1 Å². The third-order valence-electron chi connectivity index (χ3n) is 12.1. The van der Waals surface area contributed by atoms with E-state index >= 15 is 0 Å². The Balaban J connectivity index is 0.000000487. The van der Waals surface area contributed by atoms with E-state index in [2.05, 4.69) is 56.3 Å². The van der Waals surface area contributed by atoms with E-state index in [-0.39, 0.29) is 48.2 Å². The van der Waals surface area contributed by atoms with E-state index in [1.54, 1.807) is 18.2 Å². The van der Waals surface area contributed by atoms with Gasteiger partial charge >= 0.3 is 45.8 Å². The summed E-state index contributed by atoms with van der Waals surface area (Å²) in [5.41, 5.74) is -1.79. The van der Waals surface area contributed by atoms with Gasteiger partial charge < -0.3 is 47.2 Å². The lowest BCUT2D eigenvalue weighted by atomic mass is 9.49. The van der Waals surface area contributed by atoms with Crippen molar-refractivity contribution >= 4 is 58.5 Å². The van der Waals surface area contributed by atoms with Crippen LogP contribution in [0.3, 0.4) is 0 Å². The third-order valence-corrected chi connectivity index (χ3v) is 13.1. The Morgan fingerprint density at radius 1 is 0.532 bits per heavy atom. The molecule has 438 valence electrons. The molecule has 0 spiro atoms. The number of pyridine rings is 3. The fourth-order valence-corrected chi connectivity index (χ4v) is 5.57. The number of aromatic nitrogens is 3. The van der Waals surface area contributed by atoms with Crippen molar-refractivity contribution in [2.24, 2.45) is 0 Å². The molecule has 4 fully saturated rings. The summed E-state index contributed by atoms with van der Waals surface area (Å²) < 4.78 is 202. The molecule has 31 heteroatoms. The highest BCUT2D eigenvalue weighted by Gasteiger charge is 2.64. The molecule has 0 amide bonds. The van der Waals surface area contributed by atoms with E-state index < -0.39 is 87.4 Å². The highest BCUT2D eigenvalue weighted by atomic mass is 79.9. The molecule has 7 heterocycles. The topological polar surface area (TPSA) is 145 Å². The maximum atomic E-state index is 12.4. The van der Waals surface area contributed by atoms with Gasteiger partial charge in [0.1, 0.15) is 6.10 Å². The number of ether oxygens (including phenoxy) is 3. The van der Waals surface area contributed by atoms with E-state index in [0.29, 0.717) is 16.9 Å². The summed E-state index contributed by atoms with van der Waals surface area (Å²) >= 11 is 6.23. The first kappa shape index (κ1) is 72.0. The average molecular weight is 1260 g/mol. The van der Waals surface area contributed by atoms with Crippen LogP contribution in [-0.4, -0.2) is 131 Å². The summed E-state index contributed by atoms with van der Waals surface area (Å²) in [7, 11) is -1.56. The first-order valence-electron chi connectivity index (χ1n) is 22.8. The highest BCUT2D eigenvalue weighted by molar-refractivity contribution is 9.10. The van der Waals surface area contributed by atoms with Crippen molar-refractivity contribution < 1.29 is 104 Å². The summed E-state index contributed by atoms with van der Waals surface area (Å²) in [4.78, 5) is 10.9. The lowest BCUT2D eigenvalue weighted by Gasteiger charge is -2.32. The molecule has 0 aliphatic carbocycles. The number of epoxide rings is 1. The first-order chi connectivity index (χ1) is 34.0. The highest BCUT2D eigenvalue weighted by Crippen LogP contribution is 2.43. The normalized spacial score (nSPS) is 21.4. The van der Waals surface area contributed by atoms with Crippen LogP contribution in [0.15, 0.2) is 63.9 Å². The number of hydrogen-bond donors (Lipinski definition) is 1. The Labute approximate surface area is 458 Å². The van der Waals surface area contributed by atoms with Crippen LogP contribution in [-0.2, 0) is 32.7 Å². The smallest absolute Gasteiger partial charge is 0.465 e. The van der Waals surface area contributed by atoms with Crippen LogP contribution < -0.4 is 14.9 Å². The Morgan fingerprint density at radius 3 is 1.06 bits per heavy atom. The van der Waals surface area contributed by atoms with Crippen molar-refractivity contribution in [1.29, 1.82) is 0 Å². The minimum absolute atomic E-state index is 0. The largest absolute Gasteiger partial charge is 0.496 e. The van der Waals surface area contributed by atoms with Crippen LogP contribution in [0.5, 0.6) is 11.8 Å². The molecule has 4 saturated heterocycles. The van der Waals surface area contributed by atoms with Crippen LogP contribution in [0.1, 0.15) is 111 Å². The van der Waals surface area contributed by atoms with Gasteiger partial charge in [-0.25, -0.2) is 15.0 Å². The SMILES string of the molecule is C.CC1(C)OB(B2OC(C)(C)C(C)(C)O2)OC1(C)C.C[C@H](O)C(F)(F)F.C[C@H](Oc1ccc(B2OC(C)(C)C(C)(C)O2)cn1)C(F)(F)F.C[C@H](Oc1ccc(Br)cn1)C(F)(F)F.FC(F)(F)[C@@H]1CO1.Fc1ccc(Br)cn1. The zero-order valence-electron chi connectivity index (χ0n) is 44.1. The maximum absolute atomic E-state index is 12.4. The predicted octanol–water partition coefficient (Wildman–Crippen LogP) is 12.6. The van der Waals surface area contributed by atoms with E-state index in [4.69, 9.17) is 37.8 Å². The van der Waals surface area contributed by atoms with E-state index in [0.717, 1.165) is 18.3 Å². The summed E-state index contributed by atoms with van der Waals surface area (Å²) in [6.07, 6.45) is -20.6. The second-order valence-corrected chi connectivity index (χ2v) is 21.9. The van der Waals surface area contributed by atoms with E-state index in [9.17, 15) is 57.1 Å². The van der Waals surface area contributed by atoms with Gasteiger partial charge in [0.2, 0.25) is 17.7 Å². The molecule has 0 unspecified atom stereocenters. The molecule has 13 nitrogen and oxygen atoms in total.